The lowest BCUT2D eigenvalue weighted by Crippen LogP contribution is -2.23. The summed E-state index contributed by atoms with van der Waals surface area (Å²) in [7, 11) is 0. The zero-order chi connectivity index (χ0) is 10.8. The van der Waals surface area contributed by atoms with Gasteiger partial charge in [-0.05, 0) is 30.5 Å². The maximum absolute atomic E-state index is 9.59. The van der Waals surface area contributed by atoms with Crippen LogP contribution < -0.4 is 0 Å². The predicted octanol–water partition coefficient (Wildman–Crippen LogP) is 2.97. The third-order valence-corrected chi connectivity index (χ3v) is 3.45. The number of halogens is 1. The number of aliphatic hydroxyl groups excluding tert-OH is 1. The highest BCUT2D eigenvalue weighted by atomic mass is 79.9. The highest BCUT2D eigenvalue weighted by molar-refractivity contribution is 9.10. The Hall–Kier alpha value is -0.380. The molecular formula is C12H15BrO2. The van der Waals surface area contributed by atoms with E-state index >= 15 is 0 Å². The summed E-state index contributed by atoms with van der Waals surface area (Å²) >= 11 is 3.54. The van der Waals surface area contributed by atoms with E-state index in [1.54, 1.807) is 0 Å². The molecule has 2 rings (SSSR count). The molecule has 0 radical (unpaired) electrons. The first-order valence-electron chi connectivity index (χ1n) is 5.22. The van der Waals surface area contributed by atoms with Gasteiger partial charge in [-0.3, -0.25) is 0 Å². The monoisotopic (exact) mass is 270 g/mol. The Morgan fingerprint density at radius 2 is 2.27 bits per heavy atom. The van der Waals surface area contributed by atoms with E-state index < -0.39 is 0 Å². The normalized spacial score (nSPS) is 26.6. The standard InChI is InChI=1S/C12H15BrO2/c1-8-2-3-10(11(13)6-8)12-7-9(14)4-5-15-12/h2-3,6,9,12,14H,4-5,7H2,1H3. The molecule has 1 aromatic carbocycles. The number of ether oxygens (including phenoxy) is 1. The third-order valence-electron chi connectivity index (χ3n) is 2.76. The molecule has 1 aliphatic rings. The van der Waals surface area contributed by atoms with E-state index in [0.29, 0.717) is 13.0 Å². The van der Waals surface area contributed by atoms with Gasteiger partial charge in [-0.2, -0.15) is 0 Å². The molecule has 1 saturated heterocycles. The lowest BCUT2D eigenvalue weighted by Gasteiger charge is -2.27. The highest BCUT2D eigenvalue weighted by Crippen LogP contribution is 2.33. The molecule has 1 fully saturated rings. The van der Waals surface area contributed by atoms with Crippen molar-refractivity contribution in [3.63, 3.8) is 0 Å². The molecule has 0 aromatic heterocycles. The molecule has 82 valence electrons. The number of hydrogen-bond acceptors (Lipinski definition) is 2. The first-order valence-corrected chi connectivity index (χ1v) is 6.02. The molecule has 1 aromatic rings. The fourth-order valence-corrected chi connectivity index (χ4v) is 2.64. The summed E-state index contributed by atoms with van der Waals surface area (Å²) in [5.41, 5.74) is 2.36. The van der Waals surface area contributed by atoms with Crippen LogP contribution >= 0.6 is 15.9 Å². The van der Waals surface area contributed by atoms with Crippen molar-refractivity contribution in [1.82, 2.24) is 0 Å². The Bertz CT molecular complexity index is 351. The van der Waals surface area contributed by atoms with Crippen LogP contribution in [0.3, 0.4) is 0 Å². The van der Waals surface area contributed by atoms with Gasteiger partial charge < -0.3 is 9.84 Å². The van der Waals surface area contributed by atoms with Crippen molar-refractivity contribution in [1.29, 1.82) is 0 Å². The topological polar surface area (TPSA) is 29.5 Å². The minimum absolute atomic E-state index is 0.0312. The number of benzene rings is 1. The van der Waals surface area contributed by atoms with Crippen molar-refractivity contribution in [2.75, 3.05) is 6.61 Å². The average Bonchev–Trinajstić information content (AvgIpc) is 2.17. The van der Waals surface area contributed by atoms with Crippen LogP contribution in [0.25, 0.3) is 0 Å². The average molecular weight is 271 g/mol. The molecule has 0 aliphatic carbocycles. The van der Waals surface area contributed by atoms with Gasteiger partial charge in [0.25, 0.3) is 0 Å². The van der Waals surface area contributed by atoms with Crippen LogP contribution in [0.1, 0.15) is 30.1 Å². The van der Waals surface area contributed by atoms with Crippen molar-refractivity contribution in [2.45, 2.75) is 32.0 Å². The maximum Gasteiger partial charge on any atom is 0.0860 e. The molecule has 15 heavy (non-hydrogen) atoms. The highest BCUT2D eigenvalue weighted by Gasteiger charge is 2.23. The zero-order valence-electron chi connectivity index (χ0n) is 8.74. The van der Waals surface area contributed by atoms with Gasteiger partial charge in [-0.15, -0.1) is 0 Å². The number of aliphatic hydroxyl groups is 1. The van der Waals surface area contributed by atoms with E-state index in [9.17, 15) is 5.11 Å². The molecule has 0 bridgehead atoms. The first-order chi connectivity index (χ1) is 7.16. The van der Waals surface area contributed by atoms with Crippen LogP contribution in [0, 0.1) is 6.92 Å². The number of hydrogen-bond donors (Lipinski definition) is 1. The van der Waals surface area contributed by atoms with Crippen molar-refractivity contribution in [2.24, 2.45) is 0 Å². The van der Waals surface area contributed by atoms with Crippen LogP contribution in [0.2, 0.25) is 0 Å². The molecule has 2 atom stereocenters. The summed E-state index contributed by atoms with van der Waals surface area (Å²) in [4.78, 5) is 0. The molecule has 0 amide bonds. The predicted molar refractivity (Wildman–Crippen MR) is 62.8 cm³/mol. The Morgan fingerprint density at radius 3 is 2.93 bits per heavy atom. The molecule has 0 spiro atoms. The van der Waals surface area contributed by atoms with Crippen molar-refractivity contribution in [3.05, 3.63) is 33.8 Å². The number of aryl methyl sites for hydroxylation is 1. The second kappa shape index (κ2) is 4.64. The van der Waals surface area contributed by atoms with Crippen LogP contribution in [0.15, 0.2) is 22.7 Å². The number of rotatable bonds is 1. The Labute approximate surface area is 98.4 Å². The van der Waals surface area contributed by atoms with E-state index in [4.69, 9.17) is 4.74 Å². The second-order valence-electron chi connectivity index (χ2n) is 4.06. The SMILES string of the molecule is Cc1ccc(C2CC(O)CCO2)c(Br)c1. The van der Waals surface area contributed by atoms with E-state index in [0.717, 1.165) is 16.5 Å². The minimum Gasteiger partial charge on any atom is -0.393 e. The van der Waals surface area contributed by atoms with Gasteiger partial charge in [0.2, 0.25) is 0 Å². The van der Waals surface area contributed by atoms with Crippen molar-refractivity contribution in [3.8, 4) is 0 Å². The quantitative estimate of drug-likeness (QED) is 0.850. The lowest BCUT2D eigenvalue weighted by molar-refractivity contribution is -0.0450. The van der Waals surface area contributed by atoms with Crippen LogP contribution in [-0.2, 0) is 4.74 Å². The van der Waals surface area contributed by atoms with Crippen LogP contribution in [0.5, 0.6) is 0 Å². The Balaban J connectivity index is 2.21. The molecule has 1 N–H and O–H groups in total. The van der Waals surface area contributed by atoms with Crippen LogP contribution in [0.4, 0.5) is 0 Å². The van der Waals surface area contributed by atoms with Crippen LogP contribution in [-0.4, -0.2) is 17.8 Å². The molecular weight excluding hydrogens is 256 g/mol. The van der Waals surface area contributed by atoms with E-state index in [-0.39, 0.29) is 12.2 Å². The second-order valence-corrected chi connectivity index (χ2v) is 4.92. The van der Waals surface area contributed by atoms with E-state index in [1.807, 2.05) is 0 Å². The van der Waals surface area contributed by atoms with E-state index in [1.165, 1.54) is 5.56 Å². The Morgan fingerprint density at radius 1 is 1.47 bits per heavy atom. The summed E-state index contributed by atoms with van der Waals surface area (Å²) in [6, 6.07) is 6.23. The largest absolute Gasteiger partial charge is 0.393 e. The minimum atomic E-state index is -0.225. The molecule has 1 heterocycles. The fourth-order valence-electron chi connectivity index (χ4n) is 1.89. The van der Waals surface area contributed by atoms with Gasteiger partial charge in [0.1, 0.15) is 0 Å². The lowest BCUT2D eigenvalue weighted by atomic mass is 9.99. The van der Waals surface area contributed by atoms with Gasteiger partial charge in [0, 0.05) is 17.5 Å². The molecule has 2 unspecified atom stereocenters. The summed E-state index contributed by atoms with van der Waals surface area (Å²) in [6.07, 6.45) is 1.25. The van der Waals surface area contributed by atoms with Crippen molar-refractivity contribution < 1.29 is 9.84 Å². The first kappa shape index (κ1) is 11.1. The molecule has 2 nitrogen and oxygen atoms in total. The summed E-state index contributed by atoms with van der Waals surface area (Å²) in [5, 5.41) is 9.59. The smallest absolute Gasteiger partial charge is 0.0860 e. The zero-order valence-corrected chi connectivity index (χ0v) is 10.3. The van der Waals surface area contributed by atoms with Gasteiger partial charge in [0.05, 0.1) is 12.2 Å². The summed E-state index contributed by atoms with van der Waals surface area (Å²) < 4.78 is 6.74. The summed E-state index contributed by atoms with van der Waals surface area (Å²) in [6.45, 7) is 2.71. The Kier molecular flexibility index (Phi) is 3.44. The van der Waals surface area contributed by atoms with Gasteiger partial charge >= 0.3 is 0 Å². The van der Waals surface area contributed by atoms with Crippen molar-refractivity contribution >= 4 is 15.9 Å². The van der Waals surface area contributed by atoms with Gasteiger partial charge in [-0.1, -0.05) is 28.1 Å². The molecule has 3 heteroatoms. The maximum atomic E-state index is 9.59. The van der Waals surface area contributed by atoms with E-state index in [2.05, 4.69) is 41.1 Å². The summed E-state index contributed by atoms with van der Waals surface area (Å²) in [5.74, 6) is 0. The third kappa shape index (κ3) is 2.60. The van der Waals surface area contributed by atoms with Gasteiger partial charge in [-0.25, -0.2) is 0 Å². The van der Waals surface area contributed by atoms with Gasteiger partial charge in [0.15, 0.2) is 0 Å². The molecule has 1 aliphatic heterocycles. The molecule has 0 saturated carbocycles. The fraction of sp³-hybridized carbons (Fsp3) is 0.500.